The van der Waals surface area contributed by atoms with E-state index in [-0.39, 0.29) is 35.8 Å². The molecule has 2 aliphatic heterocycles. The van der Waals surface area contributed by atoms with Crippen LogP contribution in [0, 0.1) is 0 Å². The molecule has 10 nitrogen and oxygen atoms in total. The number of aromatic nitrogens is 4. The van der Waals surface area contributed by atoms with E-state index < -0.39 is 23.3 Å². The van der Waals surface area contributed by atoms with E-state index in [0.29, 0.717) is 57.0 Å². The van der Waals surface area contributed by atoms with Gasteiger partial charge in [-0.1, -0.05) is 41.9 Å². The Balaban J connectivity index is 1.13. The molecule has 3 aromatic carbocycles. The molecule has 1 saturated heterocycles. The molecule has 5 aromatic rings. The molecular weight excluding hydrogens is 693 g/mol. The van der Waals surface area contributed by atoms with Gasteiger partial charge in [-0.25, -0.2) is 14.8 Å². The minimum absolute atomic E-state index is 0.0217. The van der Waals surface area contributed by atoms with Crippen LogP contribution in [0.1, 0.15) is 54.1 Å². The molecule has 7 rings (SSSR count). The first-order valence-corrected chi connectivity index (χ1v) is 17.9. The Bertz CT molecular complexity index is 2060. The first-order valence-electron chi connectivity index (χ1n) is 17.5. The summed E-state index contributed by atoms with van der Waals surface area (Å²) in [5, 5.41) is 2.85. The van der Waals surface area contributed by atoms with E-state index in [4.69, 9.17) is 22.3 Å². The molecule has 3 N–H and O–H groups in total. The van der Waals surface area contributed by atoms with Gasteiger partial charge in [0.25, 0.3) is 0 Å². The Morgan fingerprint density at radius 1 is 1.04 bits per heavy atom. The van der Waals surface area contributed by atoms with E-state index in [1.807, 2.05) is 64.2 Å². The lowest BCUT2D eigenvalue weighted by Crippen LogP contribution is -2.50. The summed E-state index contributed by atoms with van der Waals surface area (Å²) >= 11 is 6.26. The second-order valence-electron chi connectivity index (χ2n) is 13.5. The average molecular weight is 733 g/mol. The normalized spacial score (nSPS) is 16.1. The van der Waals surface area contributed by atoms with E-state index in [9.17, 15) is 22.8 Å². The van der Waals surface area contributed by atoms with Gasteiger partial charge < -0.3 is 30.0 Å². The van der Waals surface area contributed by atoms with Gasteiger partial charge in [0.2, 0.25) is 5.91 Å². The molecule has 3 amide bonds. The molecule has 52 heavy (non-hydrogen) atoms. The fourth-order valence-corrected chi connectivity index (χ4v) is 7.78. The summed E-state index contributed by atoms with van der Waals surface area (Å²) in [6.07, 6.45) is 3.49. The largest absolute Gasteiger partial charge is 0.418 e. The number of hydrogen-bond acceptors (Lipinski definition) is 5. The van der Waals surface area contributed by atoms with Gasteiger partial charge in [0, 0.05) is 69.2 Å². The number of halogens is 4. The molecule has 0 radical (unpaired) electrons. The Labute approximate surface area is 304 Å². The van der Waals surface area contributed by atoms with Crippen LogP contribution < -0.4 is 11.1 Å². The van der Waals surface area contributed by atoms with Gasteiger partial charge in [0.05, 0.1) is 33.6 Å². The van der Waals surface area contributed by atoms with Crippen molar-refractivity contribution in [2.24, 2.45) is 0 Å². The van der Waals surface area contributed by atoms with Crippen molar-refractivity contribution in [1.82, 2.24) is 28.9 Å². The number of carbonyl (C=O) groups excluding carboxylic acids is 2. The van der Waals surface area contributed by atoms with E-state index in [0.717, 1.165) is 41.2 Å². The number of amides is 3. The van der Waals surface area contributed by atoms with Crippen LogP contribution in [0.15, 0.2) is 79.4 Å². The number of nitrogens with one attached hydrogen (secondary N) is 1. The lowest BCUT2D eigenvalue weighted by Gasteiger charge is -2.38. The zero-order chi connectivity index (χ0) is 36.4. The SMILES string of the molecule is Nc1c(Cl)cc(CC(CC(=O)N2CCC(N3CCc4ccccc4NC3=O)CC2)c2nc3ccccc3n2CCCn2ccnc2)cc1C(F)(F)F. The van der Waals surface area contributed by atoms with Gasteiger partial charge in [-0.05, 0) is 73.6 Å². The minimum atomic E-state index is -4.70. The van der Waals surface area contributed by atoms with Gasteiger partial charge in [-0.2, -0.15) is 13.2 Å². The van der Waals surface area contributed by atoms with Crippen LogP contribution in [-0.2, 0) is 36.9 Å². The number of piperidine rings is 1. The molecule has 0 aliphatic carbocycles. The molecule has 0 spiro atoms. The number of nitrogens with zero attached hydrogens (tertiary/aromatic N) is 6. The van der Waals surface area contributed by atoms with E-state index >= 15 is 0 Å². The molecule has 272 valence electrons. The first-order chi connectivity index (χ1) is 25.0. The first kappa shape index (κ1) is 35.4. The molecule has 1 unspecified atom stereocenters. The number of urea groups is 1. The van der Waals surface area contributed by atoms with Crippen molar-refractivity contribution in [1.29, 1.82) is 0 Å². The summed E-state index contributed by atoms with van der Waals surface area (Å²) in [6, 6.07) is 17.8. The number of likely N-dealkylation sites (tertiary alicyclic amines) is 1. The third kappa shape index (κ3) is 7.59. The number of hydrogen-bond donors (Lipinski definition) is 2. The van der Waals surface area contributed by atoms with Crippen molar-refractivity contribution < 1.29 is 22.8 Å². The monoisotopic (exact) mass is 732 g/mol. The van der Waals surface area contributed by atoms with Gasteiger partial charge >= 0.3 is 12.2 Å². The highest BCUT2D eigenvalue weighted by Gasteiger charge is 2.36. The lowest BCUT2D eigenvalue weighted by molar-refractivity contribution is -0.137. The number of carbonyl (C=O) groups is 2. The maximum atomic E-state index is 14.1. The van der Waals surface area contributed by atoms with Crippen molar-refractivity contribution >= 4 is 45.9 Å². The quantitative estimate of drug-likeness (QED) is 0.146. The second kappa shape index (κ2) is 14.9. The Morgan fingerprint density at radius 2 is 1.81 bits per heavy atom. The van der Waals surface area contributed by atoms with Crippen LogP contribution in [-0.4, -0.2) is 66.5 Å². The highest BCUT2D eigenvalue weighted by molar-refractivity contribution is 6.33. The number of aryl methyl sites for hydroxylation is 2. The highest BCUT2D eigenvalue weighted by Crippen LogP contribution is 2.39. The maximum Gasteiger partial charge on any atom is 0.418 e. The fraction of sp³-hybridized carbons (Fsp3) is 0.368. The lowest BCUT2D eigenvalue weighted by atomic mass is 9.92. The standard InChI is InChI=1S/C38H40ClF3N8O2/c39-30-22-25(21-29(35(30)43)38(40,41)42)20-27(36-45-32-8-3-4-9-33(32)50(36)15-5-14-47-19-13-44-24-47)23-34(51)48-16-11-28(12-17-48)49-18-10-26-6-1-2-7-31(26)46-37(49)52/h1-4,6-9,13,19,21-22,24,27-28H,5,10-12,14-18,20,23,43H2,(H,46,52). The smallest absolute Gasteiger partial charge is 0.397 e. The number of anilines is 2. The van der Waals surface area contributed by atoms with E-state index in [1.54, 1.807) is 17.4 Å². The molecular formula is C38H40ClF3N8O2. The molecule has 4 heterocycles. The Morgan fingerprint density at radius 3 is 2.58 bits per heavy atom. The third-order valence-electron chi connectivity index (χ3n) is 10.2. The summed E-state index contributed by atoms with van der Waals surface area (Å²) < 4.78 is 46.1. The van der Waals surface area contributed by atoms with Crippen LogP contribution in [0.2, 0.25) is 5.02 Å². The van der Waals surface area contributed by atoms with E-state index in [1.165, 1.54) is 6.07 Å². The minimum Gasteiger partial charge on any atom is -0.397 e. The summed E-state index contributed by atoms with van der Waals surface area (Å²) in [5.41, 5.74) is 8.09. The van der Waals surface area contributed by atoms with Crippen LogP contribution in [0.3, 0.4) is 0 Å². The molecule has 1 fully saturated rings. The third-order valence-corrected chi connectivity index (χ3v) is 10.5. The number of imidazole rings is 2. The predicted molar refractivity (Wildman–Crippen MR) is 194 cm³/mol. The Kier molecular flexibility index (Phi) is 10.1. The van der Waals surface area contributed by atoms with E-state index in [2.05, 4.69) is 14.9 Å². The van der Waals surface area contributed by atoms with Gasteiger partial charge in [-0.15, -0.1) is 0 Å². The van der Waals surface area contributed by atoms with Gasteiger partial charge in [-0.3, -0.25) is 4.79 Å². The van der Waals surface area contributed by atoms with Crippen molar-refractivity contribution in [3.05, 3.63) is 107 Å². The average Bonchev–Trinajstić information content (AvgIpc) is 3.74. The fourth-order valence-electron chi connectivity index (χ4n) is 7.54. The molecule has 2 aromatic heterocycles. The number of para-hydroxylation sites is 3. The number of nitrogen functional groups attached to an aromatic ring is 1. The van der Waals surface area contributed by atoms with Crippen molar-refractivity contribution in [3.8, 4) is 0 Å². The maximum absolute atomic E-state index is 14.1. The van der Waals surface area contributed by atoms with Gasteiger partial charge in [0.15, 0.2) is 0 Å². The number of rotatable bonds is 10. The molecule has 1 atom stereocenters. The summed E-state index contributed by atoms with van der Waals surface area (Å²) in [6.45, 7) is 2.78. The zero-order valence-corrected chi connectivity index (χ0v) is 29.3. The molecule has 14 heteroatoms. The predicted octanol–water partition coefficient (Wildman–Crippen LogP) is 7.38. The van der Waals surface area contributed by atoms with Crippen molar-refractivity contribution in [3.63, 3.8) is 0 Å². The second-order valence-corrected chi connectivity index (χ2v) is 14.0. The molecule has 0 bridgehead atoms. The molecule has 0 saturated carbocycles. The Hall–Kier alpha value is -5.04. The summed E-state index contributed by atoms with van der Waals surface area (Å²) in [4.78, 5) is 40.1. The zero-order valence-electron chi connectivity index (χ0n) is 28.5. The van der Waals surface area contributed by atoms with Crippen LogP contribution in [0.25, 0.3) is 11.0 Å². The van der Waals surface area contributed by atoms with Crippen molar-refractivity contribution in [2.75, 3.05) is 30.7 Å². The molecule has 2 aliphatic rings. The van der Waals surface area contributed by atoms with Gasteiger partial charge in [0.1, 0.15) is 5.82 Å². The van der Waals surface area contributed by atoms with Crippen LogP contribution >= 0.6 is 11.6 Å². The van der Waals surface area contributed by atoms with Crippen LogP contribution in [0.4, 0.5) is 29.3 Å². The number of fused-ring (bicyclic) bond motifs is 2. The number of nitrogens with two attached hydrogens (primary N) is 1. The highest BCUT2D eigenvalue weighted by atomic mass is 35.5. The summed E-state index contributed by atoms with van der Waals surface area (Å²) in [7, 11) is 0. The number of alkyl halides is 3. The number of benzene rings is 3. The topological polar surface area (TPSA) is 114 Å². The van der Waals surface area contributed by atoms with Crippen LogP contribution in [0.5, 0.6) is 0 Å². The van der Waals surface area contributed by atoms with Crippen molar-refractivity contribution in [2.45, 2.75) is 69.8 Å². The summed E-state index contributed by atoms with van der Waals surface area (Å²) in [5.74, 6) is -0.0651.